The molecule has 0 radical (unpaired) electrons. The number of benzene rings is 2. The van der Waals surface area contributed by atoms with Gasteiger partial charge in [-0.1, -0.05) is 44.2 Å². The number of nitrogens with zero attached hydrogens (tertiary/aromatic N) is 1. The second-order valence-electron chi connectivity index (χ2n) is 7.26. The Morgan fingerprint density at radius 3 is 2.04 bits per heavy atom. The predicted octanol–water partition coefficient (Wildman–Crippen LogP) is 5.71. The molecular formula is C22H32Cl2N2O. The van der Waals surface area contributed by atoms with Crippen LogP contribution >= 0.6 is 24.8 Å². The van der Waals surface area contributed by atoms with E-state index in [2.05, 4.69) is 48.3 Å². The minimum atomic E-state index is 0. The van der Waals surface area contributed by atoms with Crippen molar-refractivity contribution in [2.45, 2.75) is 32.7 Å². The van der Waals surface area contributed by atoms with Crippen molar-refractivity contribution in [3.8, 4) is 11.5 Å². The van der Waals surface area contributed by atoms with Gasteiger partial charge < -0.3 is 10.1 Å². The molecule has 2 aromatic rings. The molecule has 1 fully saturated rings. The van der Waals surface area contributed by atoms with E-state index in [0.29, 0.717) is 6.04 Å². The van der Waals surface area contributed by atoms with E-state index >= 15 is 0 Å². The Bertz CT molecular complexity index is 629. The highest BCUT2D eigenvalue weighted by Gasteiger charge is 2.22. The molecule has 27 heavy (non-hydrogen) atoms. The van der Waals surface area contributed by atoms with Crippen molar-refractivity contribution in [3.05, 3.63) is 60.2 Å². The third kappa shape index (κ3) is 7.34. The van der Waals surface area contributed by atoms with Crippen molar-refractivity contribution in [1.29, 1.82) is 0 Å². The molecule has 3 nitrogen and oxygen atoms in total. The fourth-order valence-corrected chi connectivity index (χ4v) is 3.43. The van der Waals surface area contributed by atoms with Gasteiger partial charge in [0, 0.05) is 32.2 Å². The fourth-order valence-electron chi connectivity index (χ4n) is 3.43. The predicted molar refractivity (Wildman–Crippen MR) is 119 cm³/mol. The van der Waals surface area contributed by atoms with Crippen LogP contribution in [0.1, 0.15) is 38.3 Å². The lowest BCUT2D eigenvalue weighted by Crippen LogP contribution is -2.45. The standard InChI is InChI=1S/C22H30N2O.2ClH/c1-18(2)8-13-22(24-16-14-23-15-17-24)19-9-11-21(12-10-19)25-20-6-4-3-5-7-20;;/h3-7,9-12,18,22-23H,8,13-17H2,1-2H3;2*1H/t22-;;/m1../s1. The van der Waals surface area contributed by atoms with E-state index in [4.69, 9.17) is 4.74 Å². The molecule has 150 valence electrons. The molecule has 3 rings (SSSR count). The molecule has 0 amide bonds. The summed E-state index contributed by atoms with van der Waals surface area (Å²) in [5.74, 6) is 2.53. The molecule has 0 saturated carbocycles. The molecule has 0 bridgehead atoms. The van der Waals surface area contributed by atoms with Gasteiger partial charge in [0.2, 0.25) is 0 Å². The summed E-state index contributed by atoms with van der Waals surface area (Å²) in [6.45, 7) is 9.06. The van der Waals surface area contributed by atoms with Crippen molar-refractivity contribution < 1.29 is 4.74 Å². The van der Waals surface area contributed by atoms with Gasteiger partial charge >= 0.3 is 0 Å². The minimum Gasteiger partial charge on any atom is -0.457 e. The van der Waals surface area contributed by atoms with Gasteiger partial charge in [0.1, 0.15) is 11.5 Å². The Labute approximate surface area is 176 Å². The van der Waals surface area contributed by atoms with Crippen LogP contribution in [0.4, 0.5) is 0 Å². The van der Waals surface area contributed by atoms with Crippen molar-refractivity contribution >= 4 is 24.8 Å². The molecule has 1 atom stereocenters. The lowest BCUT2D eigenvalue weighted by atomic mass is 9.95. The maximum atomic E-state index is 5.93. The SMILES string of the molecule is CC(C)CC[C@H](c1ccc(Oc2ccccc2)cc1)N1CCNCC1.Cl.Cl. The minimum absolute atomic E-state index is 0. The molecule has 0 unspecified atom stereocenters. The molecule has 2 aromatic carbocycles. The fraction of sp³-hybridized carbons (Fsp3) is 0.455. The summed E-state index contributed by atoms with van der Waals surface area (Å²) in [4.78, 5) is 2.63. The van der Waals surface area contributed by atoms with Gasteiger partial charge in [0.05, 0.1) is 0 Å². The smallest absolute Gasteiger partial charge is 0.127 e. The van der Waals surface area contributed by atoms with Gasteiger partial charge in [-0.3, -0.25) is 4.90 Å². The van der Waals surface area contributed by atoms with Gasteiger partial charge in [0.15, 0.2) is 0 Å². The van der Waals surface area contributed by atoms with Crippen LogP contribution in [0.25, 0.3) is 0 Å². The summed E-state index contributed by atoms with van der Waals surface area (Å²) in [6.07, 6.45) is 2.48. The Balaban J connectivity index is 0.00000182. The average Bonchev–Trinajstić information content (AvgIpc) is 2.65. The van der Waals surface area contributed by atoms with Crippen LogP contribution in [0.5, 0.6) is 11.5 Å². The number of para-hydroxylation sites is 1. The van der Waals surface area contributed by atoms with Gasteiger partial charge in [-0.15, -0.1) is 24.8 Å². The summed E-state index contributed by atoms with van der Waals surface area (Å²) in [5, 5.41) is 3.46. The first kappa shape index (κ1) is 23.8. The third-order valence-corrected chi connectivity index (χ3v) is 4.85. The molecule has 5 heteroatoms. The van der Waals surface area contributed by atoms with E-state index in [9.17, 15) is 0 Å². The van der Waals surface area contributed by atoms with Gasteiger partial charge in [0.25, 0.3) is 0 Å². The van der Waals surface area contributed by atoms with Crippen molar-refractivity contribution in [1.82, 2.24) is 10.2 Å². The molecule has 1 aliphatic heterocycles. The summed E-state index contributed by atoms with van der Waals surface area (Å²) in [5.41, 5.74) is 1.41. The summed E-state index contributed by atoms with van der Waals surface area (Å²) >= 11 is 0. The normalized spacial score (nSPS) is 15.5. The number of nitrogens with one attached hydrogen (secondary N) is 1. The number of halogens is 2. The summed E-state index contributed by atoms with van der Waals surface area (Å²) < 4.78 is 5.93. The van der Waals surface area contributed by atoms with Gasteiger partial charge in [-0.05, 0) is 48.6 Å². The van der Waals surface area contributed by atoms with Crippen LogP contribution in [0.15, 0.2) is 54.6 Å². The lowest BCUT2D eigenvalue weighted by Gasteiger charge is -2.35. The number of ether oxygens (including phenoxy) is 1. The zero-order chi connectivity index (χ0) is 17.5. The zero-order valence-corrected chi connectivity index (χ0v) is 17.9. The maximum absolute atomic E-state index is 5.93. The second-order valence-corrected chi connectivity index (χ2v) is 7.26. The van der Waals surface area contributed by atoms with Crippen molar-refractivity contribution in [2.75, 3.05) is 26.2 Å². The highest BCUT2D eigenvalue weighted by atomic mass is 35.5. The third-order valence-electron chi connectivity index (χ3n) is 4.85. The Morgan fingerprint density at radius 2 is 1.44 bits per heavy atom. The first-order chi connectivity index (χ1) is 12.2. The molecule has 1 heterocycles. The van der Waals surface area contributed by atoms with Crippen LogP contribution in [-0.4, -0.2) is 31.1 Å². The quantitative estimate of drug-likeness (QED) is 0.632. The van der Waals surface area contributed by atoms with E-state index in [1.54, 1.807) is 0 Å². The van der Waals surface area contributed by atoms with Gasteiger partial charge in [-0.2, -0.15) is 0 Å². The Kier molecular flexibility index (Phi) is 10.8. The van der Waals surface area contributed by atoms with E-state index in [1.165, 1.54) is 18.4 Å². The monoisotopic (exact) mass is 410 g/mol. The largest absolute Gasteiger partial charge is 0.457 e. The van der Waals surface area contributed by atoms with Crippen molar-refractivity contribution in [2.24, 2.45) is 5.92 Å². The van der Waals surface area contributed by atoms with Crippen LogP contribution in [0.3, 0.4) is 0 Å². The number of piperazine rings is 1. The Morgan fingerprint density at radius 1 is 0.852 bits per heavy atom. The highest BCUT2D eigenvalue weighted by Crippen LogP contribution is 2.30. The Hall–Kier alpha value is -1.26. The summed E-state index contributed by atoms with van der Waals surface area (Å²) in [6, 6.07) is 19.2. The first-order valence-electron chi connectivity index (χ1n) is 9.50. The summed E-state index contributed by atoms with van der Waals surface area (Å²) in [7, 11) is 0. The second kappa shape index (κ2) is 12.2. The number of hydrogen-bond donors (Lipinski definition) is 1. The molecule has 0 spiro atoms. The molecule has 0 aliphatic carbocycles. The van der Waals surface area contributed by atoms with E-state index < -0.39 is 0 Å². The van der Waals surface area contributed by atoms with Crippen LogP contribution in [0, 0.1) is 5.92 Å². The topological polar surface area (TPSA) is 24.5 Å². The molecule has 0 aromatic heterocycles. The molecular weight excluding hydrogens is 379 g/mol. The lowest BCUT2D eigenvalue weighted by molar-refractivity contribution is 0.160. The highest BCUT2D eigenvalue weighted by molar-refractivity contribution is 5.85. The maximum Gasteiger partial charge on any atom is 0.127 e. The van der Waals surface area contributed by atoms with E-state index in [1.807, 2.05) is 30.3 Å². The van der Waals surface area contributed by atoms with E-state index in [-0.39, 0.29) is 24.8 Å². The van der Waals surface area contributed by atoms with Crippen molar-refractivity contribution in [3.63, 3.8) is 0 Å². The molecule has 1 saturated heterocycles. The van der Waals surface area contributed by atoms with Crippen LogP contribution in [0.2, 0.25) is 0 Å². The van der Waals surface area contributed by atoms with Crippen LogP contribution in [-0.2, 0) is 0 Å². The molecule has 1 N–H and O–H groups in total. The van der Waals surface area contributed by atoms with Crippen LogP contribution < -0.4 is 10.1 Å². The van der Waals surface area contributed by atoms with Gasteiger partial charge in [-0.25, -0.2) is 0 Å². The number of hydrogen-bond acceptors (Lipinski definition) is 3. The number of rotatable bonds is 7. The zero-order valence-electron chi connectivity index (χ0n) is 16.3. The molecule has 1 aliphatic rings. The first-order valence-corrected chi connectivity index (χ1v) is 9.50. The van der Waals surface area contributed by atoms with E-state index in [0.717, 1.165) is 43.6 Å². The average molecular weight is 411 g/mol.